The molecule has 108 valence electrons. The van der Waals surface area contributed by atoms with E-state index in [0.29, 0.717) is 13.1 Å². The van der Waals surface area contributed by atoms with Crippen molar-refractivity contribution in [1.29, 1.82) is 0 Å². The molecule has 1 unspecified atom stereocenters. The van der Waals surface area contributed by atoms with Crippen LogP contribution in [0.15, 0.2) is 0 Å². The standard InChI is InChI=1S/C11H22N2O3.C2H6/c1-4-9(2)16-8-11(15)13-7-5-6-12-10(3)14;1-2/h9H,4-8H2,1-3H3,(H,12,14)(H,13,15);1-2H3. The zero-order valence-electron chi connectivity index (χ0n) is 12.3. The molecular formula is C13H28N2O3. The predicted molar refractivity (Wildman–Crippen MR) is 73.4 cm³/mol. The van der Waals surface area contributed by atoms with Crippen molar-refractivity contribution < 1.29 is 14.3 Å². The number of amides is 2. The van der Waals surface area contributed by atoms with Gasteiger partial charge in [0.05, 0.1) is 6.10 Å². The molecule has 0 aromatic rings. The second-order valence-corrected chi connectivity index (χ2v) is 3.72. The van der Waals surface area contributed by atoms with Crippen LogP contribution in [0.1, 0.15) is 47.5 Å². The summed E-state index contributed by atoms with van der Waals surface area (Å²) < 4.78 is 5.27. The van der Waals surface area contributed by atoms with Gasteiger partial charge in [-0.2, -0.15) is 0 Å². The topological polar surface area (TPSA) is 67.4 Å². The van der Waals surface area contributed by atoms with E-state index in [1.54, 1.807) is 0 Å². The third kappa shape index (κ3) is 14.9. The van der Waals surface area contributed by atoms with Gasteiger partial charge in [-0.3, -0.25) is 9.59 Å². The summed E-state index contributed by atoms with van der Waals surface area (Å²) in [5.74, 6) is -0.158. The van der Waals surface area contributed by atoms with Gasteiger partial charge in [-0.05, 0) is 19.8 Å². The number of carbonyl (C=O) groups excluding carboxylic acids is 2. The van der Waals surface area contributed by atoms with Crippen molar-refractivity contribution in [2.75, 3.05) is 19.7 Å². The average molecular weight is 260 g/mol. The van der Waals surface area contributed by atoms with Gasteiger partial charge in [0.1, 0.15) is 6.61 Å². The SMILES string of the molecule is CC.CCC(C)OCC(=O)NCCCNC(C)=O. The molecule has 0 radical (unpaired) electrons. The number of hydrogen-bond acceptors (Lipinski definition) is 3. The Morgan fingerprint density at radius 3 is 2.22 bits per heavy atom. The molecule has 5 heteroatoms. The fraction of sp³-hybridized carbons (Fsp3) is 0.846. The zero-order valence-corrected chi connectivity index (χ0v) is 12.3. The Bertz CT molecular complexity index is 220. The van der Waals surface area contributed by atoms with Crippen LogP contribution in [0.3, 0.4) is 0 Å². The van der Waals surface area contributed by atoms with Crippen LogP contribution in [0.4, 0.5) is 0 Å². The molecule has 0 aromatic carbocycles. The van der Waals surface area contributed by atoms with E-state index < -0.39 is 0 Å². The van der Waals surface area contributed by atoms with Crippen molar-refractivity contribution in [3.05, 3.63) is 0 Å². The van der Waals surface area contributed by atoms with Gasteiger partial charge in [0.25, 0.3) is 0 Å². The lowest BCUT2D eigenvalue weighted by atomic mass is 10.3. The Kier molecular flexibility index (Phi) is 14.9. The molecule has 0 aromatic heterocycles. The minimum Gasteiger partial charge on any atom is -0.369 e. The molecule has 5 nitrogen and oxygen atoms in total. The Hall–Kier alpha value is -1.10. The third-order valence-electron chi connectivity index (χ3n) is 2.12. The van der Waals surface area contributed by atoms with Gasteiger partial charge in [0.2, 0.25) is 11.8 Å². The zero-order chi connectivity index (χ0) is 14.4. The van der Waals surface area contributed by atoms with E-state index in [2.05, 4.69) is 10.6 Å². The molecule has 0 aliphatic heterocycles. The highest BCUT2D eigenvalue weighted by atomic mass is 16.5. The van der Waals surface area contributed by atoms with Gasteiger partial charge >= 0.3 is 0 Å². The Morgan fingerprint density at radius 1 is 1.17 bits per heavy atom. The highest BCUT2D eigenvalue weighted by Crippen LogP contribution is 1.94. The van der Waals surface area contributed by atoms with Gasteiger partial charge in [0, 0.05) is 20.0 Å². The van der Waals surface area contributed by atoms with E-state index in [0.717, 1.165) is 12.8 Å². The molecule has 0 bridgehead atoms. The Labute approximate surface area is 111 Å². The minimum atomic E-state index is -0.108. The van der Waals surface area contributed by atoms with E-state index in [4.69, 9.17) is 4.74 Å². The van der Waals surface area contributed by atoms with Crippen molar-refractivity contribution in [3.63, 3.8) is 0 Å². The van der Waals surface area contributed by atoms with Crippen LogP contribution in [0, 0.1) is 0 Å². The van der Waals surface area contributed by atoms with Crippen molar-refractivity contribution in [3.8, 4) is 0 Å². The van der Waals surface area contributed by atoms with E-state index in [1.807, 2.05) is 27.7 Å². The second-order valence-electron chi connectivity index (χ2n) is 3.72. The fourth-order valence-electron chi connectivity index (χ4n) is 0.967. The second kappa shape index (κ2) is 14.0. The van der Waals surface area contributed by atoms with Crippen molar-refractivity contribution >= 4 is 11.8 Å². The first-order valence-electron chi connectivity index (χ1n) is 6.69. The summed E-state index contributed by atoms with van der Waals surface area (Å²) >= 11 is 0. The maximum Gasteiger partial charge on any atom is 0.246 e. The van der Waals surface area contributed by atoms with E-state index >= 15 is 0 Å². The molecule has 1 atom stereocenters. The first-order chi connectivity index (χ1) is 8.56. The normalized spacial score (nSPS) is 10.9. The number of carbonyl (C=O) groups is 2. The van der Waals surface area contributed by atoms with E-state index in [1.165, 1.54) is 6.92 Å². The van der Waals surface area contributed by atoms with Crippen LogP contribution in [-0.4, -0.2) is 37.6 Å². The van der Waals surface area contributed by atoms with E-state index in [-0.39, 0.29) is 24.5 Å². The maximum atomic E-state index is 11.2. The molecule has 0 aliphatic carbocycles. The number of ether oxygens (including phenoxy) is 1. The fourth-order valence-corrected chi connectivity index (χ4v) is 0.967. The third-order valence-corrected chi connectivity index (χ3v) is 2.12. The van der Waals surface area contributed by atoms with Crippen LogP contribution in [0.2, 0.25) is 0 Å². The summed E-state index contributed by atoms with van der Waals surface area (Å²) in [5.41, 5.74) is 0. The van der Waals surface area contributed by atoms with Crippen molar-refractivity contribution in [2.24, 2.45) is 0 Å². The quantitative estimate of drug-likeness (QED) is 0.649. The largest absolute Gasteiger partial charge is 0.369 e. The smallest absolute Gasteiger partial charge is 0.246 e. The van der Waals surface area contributed by atoms with Gasteiger partial charge < -0.3 is 15.4 Å². The average Bonchev–Trinajstić information content (AvgIpc) is 2.37. The molecule has 0 spiro atoms. The predicted octanol–water partition coefficient (Wildman–Crippen LogP) is 1.47. The van der Waals surface area contributed by atoms with Crippen molar-refractivity contribution in [2.45, 2.75) is 53.6 Å². The molecule has 0 aliphatic rings. The number of rotatable bonds is 8. The molecular weight excluding hydrogens is 232 g/mol. The molecule has 2 amide bonds. The summed E-state index contributed by atoms with van der Waals surface area (Å²) in [6.07, 6.45) is 1.75. The summed E-state index contributed by atoms with van der Waals surface area (Å²) in [6.45, 7) is 10.7. The molecule has 0 rings (SSSR count). The Balaban J connectivity index is 0. The summed E-state index contributed by atoms with van der Waals surface area (Å²) in [6, 6.07) is 0. The lowest BCUT2D eigenvalue weighted by molar-refractivity contribution is -0.127. The summed E-state index contributed by atoms with van der Waals surface area (Å²) in [7, 11) is 0. The van der Waals surface area contributed by atoms with Crippen LogP contribution < -0.4 is 10.6 Å². The molecule has 2 N–H and O–H groups in total. The highest BCUT2D eigenvalue weighted by molar-refractivity contribution is 5.77. The minimum absolute atomic E-state index is 0.0496. The van der Waals surface area contributed by atoms with E-state index in [9.17, 15) is 9.59 Å². The van der Waals surface area contributed by atoms with Gasteiger partial charge in [-0.1, -0.05) is 20.8 Å². The highest BCUT2D eigenvalue weighted by Gasteiger charge is 2.03. The molecule has 0 heterocycles. The lowest BCUT2D eigenvalue weighted by Crippen LogP contribution is -2.32. The lowest BCUT2D eigenvalue weighted by Gasteiger charge is -2.10. The molecule has 0 fully saturated rings. The molecule has 18 heavy (non-hydrogen) atoms. The van der Waals surface area contributed by atoms with Gasteiger partial charge in [-0.25, -0.2) is 0 Å². The summed E-state index contributed by atoms with van der Waals surface area (Å²) in [5, 5.41) is 5.38. The molecule has 0 saturated carbocycles. The van der Waals surface area contributed by atoms with Crippen LogP contribution >= 0.6 is 0 Å². The summed E-state index contributed by atoms with van der Waals surface area (Å²) in [4.78, 5) is 21.8. The first kappa shape index (κ1) is 19.2. The van der Waals surface area contributed by atoms with Gasteiger partial charge in [-0.15, -0.1) is 0 Å². The number of nitrogens with one attached hydrogen (secondary N) is 2. The Morgan fingerprint density at radius 2 is 1.72 bits per heavy atom. The number of hydrogen-bond donors (Lipinski definition) is 2. The van der Waals surface area contributed by atoms with Gasteiger partial charge in [0.15, 0.2) is 0 Å². The monoisotopic (exact) mass is 260 g/mol. The van der Waals surface area contributed by atoms with Crippen LogP contribution in [0.5, 0.6) is 0 Å². The molecule has 0 saturated heterocycles. The van der Waals surface area contributed by atoms with Crippen molar-refractivity contribution in [1.82, 2.24) is 10.6 Å². The first-order valence-corrected chi connectivity index (χ1v) is 6.69. The van der Waals surface area contributed by atoms with Crippen LogP contribution in [-0.2, 0) is 14.3 Å². The van der Waals surface area contributed by atoms with Crippen LogP contribution in [0.25, 0.3) is 0 Å². The maximum absolute atomic E-state index is 11.2.